The maximum Gasteiger partial charge on any atom is 0.270 e. The fourth-order valence-corrected chi connectivity index (χ4v) is 5.73. The van der Waals surface area contributed by atoms with E-state index < -0.39 is 6.10 Å². The van der Waals surface area contributed by atoms with Crippen LogP contribution in [0.2, 0.25) is 0 Å². The standard InChI is InChI=1S/C31H41N7O4/c1-21-28(42-20-33-21)19-41-26-9-8-23-17-37(13-10-22(23)14-26)18-25(39)16-32-30(40)27-15-29(34-24-6-5-7-24)36-31(35-27)38-11-3-2-4-12-38/h8-9,14-15,20,24-25,39H,2-7,10-13,16-19H2,1H3,(H,32,40)(H,34,35,36)/t25-/m0/s1. The van der Waals surface area contributed by atoms with Gasteiger partial charge in [0, 0.05) is 51.4 Å². The molecule has 1 aliphatic carbocycles. The number of piperidine rings is 1. The Balaban J connectivity index is 1.01. The van der Waals surface area contributed by atoms with Gasteiger partial charge in [-0.1, -0.05) is 6.07 Å². The second-order valence-electron chi connectivity index (χ2n) is 11.7. The molecule has 0 radical (unpaired) electrons. The van der Waals surface area contributed by atoms with Gasteiger partial charge in [0.1, 0.15) is 23.9 Å². The number of nitrogens with one attached hydrogen (secondary N) is 2. The van der Waals surface area contributed by atoms with Gasteiger partial charge in [-0.2, -0.15) is 4.98 Å². The second-order valence-corrected chi connectivity index (χ2v) is 11.7. The van der Waals surface area contributed by atoms with Gasteiger partial charge in [-0.05, 0) is 75.1 Å². The normalized spacial score (nSPS) is 18.2. The minimum absolute atomic E-state index is 0.157. The lowest BCUT2D eigenvalue weighted by molar-refractivity contribution is 0.0838. The number of aliphatic hydroxyl groups is 1. The first-order chi connectivity index (χ1) is 20.5. The summed E-state index contributed by atoms with van der Waals surface area (Å²) < 4.78 is 11.3. The molecule has 1 amide bonds. The second kappa shape index (κ2) is 13.1. The number of rotatable bonds is 11. The molecule has 11 heteroatoms. The highest BCUT2D eigenvalue weighted by Crippen LogP contribution is 2.26. The molecular weight excluding hydrogens is 534 g/mol. The van der Waals surface area contributed by atoms with E-state index in [1.54, 1.807) is 6.07 Å². The molecule has 4 heterocycles. The molecule has 6 rings (SSSR count). The number of aliphatic hydroxyl groups excluding tert-OH is 1. The number of carbonyl (C=O) groups is 1. The number of ether oxygens (including phenoxy) is 1. The number of amides is 1. The third-order valence-corrected chi connectivity index (χ3v) is 8.49. The third kappa shape index (κ3) is 7.01. The molecular formula is C31H41N7O4. The number of anilines is 2. The number of oxazole rings is 1. The summed E-state index contributed by atoms with van der Waals surface area (Å²) in [6.45, 7) is 6.25. The van der Waals surface area contributed by atoms with Crippen LogP contribution in [0.3, 0.4) is 0 Å². The average molecular weight is 576 g/mol. The number of aromatic nitrogens is 3. The highest BCUT2D eigenvalue weighted by atomic mass is 16.5. The highest BCUT2D eigenvalue weighted by molar-refractivity contribution is 5.93. The van der Waals surface area contributed by atoms with Crippen LogP contribution >= 0.6 is 0 Å². The molecule has 0 unspecified atom stereocenters. The number of hydrogen-bond donors (Lipinski definition) is 3. The van der Waals surface area contributed by atoms with Gasteiger partial charge in [-0.3, -0.25) is 9.69 Å². The average Bonchev–Trinajstić information content (AvgIpc) is 3.41. The van der Waals surface area contributed by atoms with Crippen molar-refractivity contribution in [3.63, 3.8) is 0 Å². The Morgan fingerprint density at radius 2 is 1.98 bits per heavy atom. The van der Waals surface area contributed by atoms with E-state index in [0.717, 1.165) is 75.5 Å². The van der Waals surface area contributed by atoms with Crippen LogP contribution in [0.1, 0.15) is 71.6 Å². The monoisotopic (exact) mass is 575 g/mol. The van der Waals surface area contributed by atoms with Gasteiger partial charge in [0.15, 0.2) is 12.2 Å². The minimum Gasteiger partial charge on any atom is -0.486 e. The summed E-state index contributed by atoms with van der Waals surface area (Å²) in [4.78, 5) is 31.0. The Hall–Kier alpha value is -3.70. The molecule has 1 saturated carbocycles. The van der Waals surface area contributed by atoms with E-state index in [-0.39, 0.29) is 12.5 Å². The van der Waals surface area contributed by atoms with Crippen molar-refractivity contribution in [2.24, 2.45) is 0 Å². The lowest BCUT2D eigenvalue weighted by Crippen LogP contribution is -2.42. The molecule has 1 aromatic carbocycles. The Morgan fingerprint density at radius 1 is 1.12 bits per heavy atom. The van der Waals surface area contributed by atoms with Crippen molar-refractivity contribution in [1.29, 1.82) is 0 Å². The third-order valence-electron chi connectivity index (χ3n) is 8.49. The molecule has 3 aromatic rings. The predicted octanol–water partition coefficient (Wildman–Crippen LogP) is 3.46. The van der Waals surface area contributed by atoms with Gasteiger partial charge in [-0.25, -0.2) is 9.97 Å². The minimum atomic E-state index is -0.695. The van der Waals surface area contributed by atoms with Gasteiger partial charge in [-0.15, -0.1) is 0 Å². The van der Waals surface area contributed by atoms with Crippen LogP contribution < -0.4 is 20.3 Å². The van der Waals surface area contributed by atoms with Gasteiger partial charge in [0.05, 0.1) is 11.8 Å². The SMILES string of the molecule is Cc1ncoc1COc1ccc2c(c1)CCN(C[C@@H](O)CNC(=O)c1cc(NC3CCC3)nc(N3CCCCC3)n1)C2. The van der Waals surface area contributed by atoms with Gasteiger partial charge in [0.25, 0.3) is 5.91 Å². The molecule has 2 aromatic heterocycles. The quantitative estimate of drug-likeness (QED) is 0.313. The molecule has 3 N–H and O–H groups in total. The number of benzene rings is 1. The summed E-state index contributed by atoms with van der Waals surface area (Å²) in [5, 5.41) is 17.2. The first-order valence-corrected chi connectivity index (χ1v) is 15.2. The molecule has 224 valence electrons. The Kier molecular flexibility index (Phi) is 8.85. The van der Waals surface area contributed by atoms with Gasteiger partial charge < -0.3 is 29.8 Å². The van der Waals surface area contributed by atoms with E-state index in [1.807, 2.05) is 13.0 Å². The van der Waals surface area contributed by atoms with Crippen LogP contribution in [0.25, 0.3) is 0 Å². The van der Waals surface area contributed by atoms with Crippen molar-refractivity contribution >= 4 is 17.7 Å². The first-order valence-electron chi connectivity index (χ1n) is 15.2. The van der Waals surface area contributed by atoms with Crippen LogP contribution in [0, 0.1) is 6.92 Å². The summed E-state index contributed by atoms with van der Waals surface area (Å²) in [5.41, 5.74) is 3.64. The molecule has 42 heavy (non-hydrogen) atoms. The van der Waals surface area contributed by atoms with E-state index in [2.05, 4.69) is 42.5 Å². The van der Waals surface area contributed by atoms with Gasteiger partial charge >= 0.3 is 0 Å². The smallest absolute Gasteiger partial charge is 0.270 e. The molecule has 2 fully saturated rings. The van der Waals surface area contributed by atoms with Crippen molar-refractivity contribution in [2.75, 3.05) is 42.9 Å². The predicted molar refractivity (Wildman–Crippen MR) is 159 cm³/mol. The fourth-order valence-electron chi connectivity index (χ4n) is 5.73. The number of aryl methyl sites for hydroxylation is 1. The molecule has 11 nitrogen and oxygen atoms in total. The van der Waals surface area contributed by atoms with Crippen molar-refractivity contribution in [3.8, 4) is 5.75 Å². The first kappa shape index (κ1) is 28.4. The Bertz CT molecular complexity index is 1370. The van der Waals surface area contributed by atoms with Crippen molar-refractivity contribution < 1.29 is 19.1 Å². The topological polar surface area (TPSA) is 129 Å². The zero-order chi connectivity index (χ0) is 28.9. The summed E-state index contributed by atoms with van der Waals surface area (Å²) in [7, 11) is 0. The zero-order valence-electron chi connectivity index (χ0n) is 24.3. The summed E-state index contributed by atoms with van der Waals surface area (Å²) in [5.74, 6) is 2.56. The zero-order valence-corrected chi connectivity index (χ0v) is 24.3. The van der Waals surface area contributed by atoms with Crippen molar-refractivity contribution in [3.05, 3.63) is 58.9 Å². The summed E-state index contributed by atoms with van der Waals surface area (Å²) in [6.07, 6.45) is 8.49. The van der Waals surface area contributed by atoms with Crippen LogP contribution in [-0.2, 0) is 19.6 Å². The largest absolute Gasteiger partial charge is 0.486 e. The number of fused-ring (bicyclic) bond motifs is 1. The van der Waals surface area contributed by atoms with E-state index in [4.69, 9.17) is 14.1 Å². The highest BCUT2D eigenvalue weighted by Gasteiger charge is 2.23. The van der Waals surface area contributed by atoms with E-state index in [0.29, 0.717) is 36.7 Å². The molecule has 1 saturated heterocycles. The van der Waals surface area contributed by atoms with Crippen LogP contribution in [0.4, 0.5) is 11.8 Å². The van der Waals surface area contributed by atoms with Crippen molar-refractivity contribution in [2.45, 2.75) is 77.2 Å². The summed E-state index contributed by atoms with van der Waals surface area (Å²) >= 11 is 0. The molecule has 2 aliphatic heterocycles. The van der Waals surface area contributed by atoms with Gasteiger partial charge in [0.2, 0.25) is 5.95 Å². The number of hydrogen-bond acceptors (Lipinski definition) is 10. The van der Waals surface area contributed by atoms with Crippen LogP contribution in [0.15, 0.2) is 35.1 Å². The van der Waals surface area contributed by atoms with Crippen molar-refractivity contribution in [1.82, 2.24) is 25.2 Å². The van der Waals surface area contributed by atoms with E-state index in [1.165, 1.54) is 30.4 Å². The number of nitrogens with zero attached hydrogens (tertiary/aromatic N) is 5. The fraction of sp³-hybridized carbons (Fsp3) is 0.548. The summed E-state index contributed by atoms with van der Waals surface area (Å²) in [6, 6.07) is 8.29. The lowest BCUT2D eigenvalue weighted by atomic mass is 9.93. The van der Waals surface area contributed by atoms with Crippen LogP contribution in [0.5, 0.6) is 5.75 Å². The molecule has 3 aliphatic rings. The Labute approximate surface area is 246 Å². The number of carbonyl (C=O) groups excluding carboxylic acids is 1. The molecule has 1 atom stereocenters. The van der Waals surface area contributed by atoms with Crippen LogP contribution in [-0.4, -0.2) is 75.7 Å². The van der Waals surface area contributed by atoms with E-state index in [9.17, 15) is 9.90 Å². The number of β-amino-alcohol motifs (C(OH)–C–C–N with tert-alkyl or cyclic N) is 1. The molecule has 0 spiro atoms. The molecule has 0 bridgehead atoms. The maximum atomic E-state index is 13.1. The van der Waals surface area contributed by atoms with E-state index >= 15 is 0 Å². The lowest BCUT2D eigenvalue weighted by Gasteiger charge is -2.30. The maximum absolute atomic E-state index is 13.1. The Morgan fingerprint density at radius 3 is 2.74 bits per heavy atom.